The summed E-state index contributed by atoms with van der Waals surface area (Å²) in [6.45, 7) is 11.9. The Bertz CT molecular complexity index is 2490. The van der Waals surface area contributed by atoms with Gasteiger partial charge in [0.1, 0.15) is 36.4 Å². The summed E-state index contributed by atoms with van der Waals surface area (Å²) in [6, 6.07) is 31.0. The van der Waals surface area contributed by atoms with Gasteiger partial charge in [-0.1, -0.05) is 48.5 Å². The average Bonchev–Trinajstić information content (AvgIpc) is 3.27. The number of anilines is 2. The zero-order valence-electron chi connectivity index (χ0n) is 33.3. The first-order valence-corrected chi connectivity index (χ1v) is 18.8. The number of nitriles is 1. The van der Waals surface area contributed by atoms with Crippen LogP contribution in [0.2, 0.25) is 0 Å². The van der Waals surface area contributed by atoms with E-state index in [1.807, 2.05) is 62.4 Å². The number of amidine groups is 2. The molecule has 60 heavy (non-hydrogen) atoms. The number of nitrogens with zero attached hydrogens (tertiary/aromatic N) is 4. The Labute approximate surface area is 349 Å². The van der Waals surface area contributed by atoms with Crippen LogP contribution < -0.4 is 31.6 Å². The zero-order valence-corrected chi connectivity index (χ0v) is 33.3. The summed E-state index contributed by atoms with van der Waals surface area (Å²) in [5, 5.41) is 50.3. The summed E-state index contributed by atoms with van der Waals surface area (Å²) in [5.41, 5.74) is 21.5. The molecule has 0 unspecified atom stereocenters. The Balaban J connectivity index is 0.000000228. The van der Waals surface area contributed by atoms with E-state index < -0.39 is 0 Å². The average molecular weight is 803 g/mol. The molecule has 6 rings (SSSR count). The molecule has 0 fully saturated rings. The maximum atomic E-state index is 10.0. The van der Waals surface area contributed by atoms with Crippen molar-refractivity contribution < 1.29 is 19.7 Å². The lowest BCUT2D eigenvalue weighted by atomic mass is 10.1. The molecule has 0 aliphatic rings. The molecular weight excluding hydrogens is 757 g/mol. The molecule has 2 heterocycles. The second-order valence-electron chi connectivity index (χ2n) is 13.5. The molecule has 0 aliphatic heterocycles. The summed E-state index contributed by atoms with van der Waals surface area (Å²) in [4.78, 5) is 12.2. The SMILES string of the molecule is Cc1ncc(CNc2ccc(C(=N)N)cc2)c(CO)c1OCc1ccc(C(=N)N)cc1.[C-]#[N+]c1ccc(COc2c(C)ncc(CNc3ccc(C#N)cc3)c2CO)cc1. The molecule has 0 spiro atoms. The van der Waals surface area contributed by atoms with E-state index >= 15 is 0 Å². The van der Waals surface area contributed by atoms with Gasteiger partial charge in [0.05, 0.1) is 42.8 Å². The van der Waals surface area contributed by atoms with E-state index in [9.17, 15) is 10.2 Å². The number of benzene rings is 4. The molecule has 6 aromatic rings. The number of aromatic nitrogens is 2. The lowest BCUT2D eigenvalue weighted by Crippen LogP contribution is -2.11. The third-order valence-corrected chi connectivity index (χ3v) is 9.40. The van der Waals surface area contributed by atoms with Gasteiger partial charge in [-0.2, -0.15) is 5.26 Å². The van der Waals surface area contributed by atoms with Crippen LogP contribution in [0, 0.1) is 42.6 Å². The van der Waals surface area contributed by atoms with Gasteiger partial charge in [-0.05, 0) is 84.6 Å². The number of nitrogen functional groups attached to an aromatic ring is 2. The number of aliphatic hydroxyl groups is 2. The summed E-state index contributed by atoms with van der Waals surface area (Å²) in [5.74, 6) is 1.17. The fourth-order valence-corrected chi connectivity index (χ4v) is 5.97. The topological polar surface area (TPSA) is 237 Å². The van der Waals surface area contributed by atoms with Gasteiger partial charge >= 0.3 is 0 Å². The number of hydrogen-bond acceptors (Lipinski definition) is 11. The Morgan fingerprint density at radius 1 is 0.683 bits per heavy atom. The molecular formula is C46H46N10O4. The van der Waals surface area contributed by atoms with Crippen molar-refractivity contribution in [3.63, 3.8) is 0 Å². The number of nitrogens with two attached hydrogens (primary N) is 2. The van der Waals surface area contributed by atoms with Gasteiger partial charge in [0.25, 0.3) is 0 Å². The molecule has 0 saturated carbocycles. The van der Waals surface area contributed by atoms with Gasteiger partial charge in [-0.15, -0.1) is 0 Å². The maximum Gasteiger partial charge on any atom is 0.187 e. The molecule has 10 N–H and O–H groups in total. The molecule has 0 radical (unpaired) electrons. The smallest absolute Gasteiger partial charge is 0.187 e. The quantitative estimate of drug-likeness (QED) is 0.0278. The molecule has 4 aromatic carbocycles. The summed E-state index contributed by atoms with van der Waals surface area (Å²) in [6.07, 6.45) is 3.46. The number of hydrogen-bond donors (Lipinski definition) is 8. The predicted octanol–water partition coefficient (Wildman–Crippen LogP) is 7.14. The second-order valence-corrected chi connectivity index (χ2v) is 13.5. The molecule has 0 atom stereocenters. The number of rotatable bonds is 16. The molecule has 0 aliphatic carbocycles. The fourth-order valence-electron chi connectivity index (χ4n) is 5.97. The van der Waals surface area contributed by atoms with E-state index in [0.717, 1.165) is 33.6 Å². The number of aliphatic hydroxyl groups excluding tert-OH is 2. The lowest BCUT2D eigenvalue weighted by molar-refractivity contribution is 0.255. The van der Waals surface area contributed by atoms with Gasteiger partial charge < -0.3 is 41.8 Å². The number of aryl methyl sites for hydroxylation is 2. The van der Waals surface area contributed by atoms with Crippen LogP contribution in [-0.4, -0.2) is 31.9 Å². The standard InChI is InChI=1S/C23H26N6O2.C23H20N4O2/c1-14-21(31-13-15-2-4-16(5-3-15)22(24)25)20(12-30)18(10-28-14)11-29-19-8-6-17(7-9-19)23(26)27;1-16-23(29-15-18-5-7-20(25-2)8-6-18)22(14-28)19(12-26-16)13-27-21-9-3-17(11-24)4-10-21/h2-10,29-30H,11-13H2,1H3,(H3,24,25)(H3,26,27);3-10,12,27-28H,13-15H2,1H3. The Morgan fingerprint density at radius 3 is 1.47 bits per heavy atom. The lowest BCUT2D eigenvalue weighted by Gasteiger charge is -2.17. The van der Waals surface area contributed by atoms with Crippen LogP contribution >= 0.6 is 0 Å². The van der Waals surface area contributed by atoms with Crippen LogP contribution in [-0.2, 0) is 39.5 Å². The van der Waals surface area contributed by atoms with Gasteiger partial charge in [0, 0.05) is 59.1 Å². The largest absolute Gasteiger partial charge is 0.487 e. The van der Waals surface area contributed by atoms with Crippen molar-refractivity contribution in [1.82, 2.24) is 9.97 Å². The van der Waals surface area contributed by atoms with Crippen molar-refractivity contribution in [3.05, 3.63) is 182 Å². The maximum absolute atomic E-state index is 10.0. The van der Waals surface area contributed by atoms with E-state index in [1.165, 1.54) is 0 Å². The van der Waals surface area contributed by atoms with Crippen LogP contribution in [0.1, 0.15) is 61.5 Å². The summed E-state index contributed by atoms with van der Waals surface area (Å²) >= 11 is 0. The molecule has 0 bridgehead atoms. The minimum absolute atomic E-state index is 0.0196. The molecule has 14 heteroatoms. The molecule has 2 aromatic heterocycles. The van der Waals surface area contributed by atoms with Crippen LogP contribution in [0.4, 0.5) is 17.1 Å². The molecule has 14 nitrogen and oxygen atoms in total. The number of pyridine rings is 2. The zero-order chi connectivity index (χ0) is 43.0. The van der Waals surface area contributed by atoms with Gasteiger partial charge in [0.2, 0.25) is 0 Å². The Hall–Kier alpha value is -7.78. The van der Waals surface area contributed by atoms with E-state index in [-0.39, 0.29) is 24.9 Å². The highest BCUT2D eigenvalue weighted by Gasteiger charge is 2.16. The van der Waals surface area contributed by atoms with Crippen LogP contribution in [0.25, 0.3) is 4.85 Å². The van der Waals surface area contributed by atoms with Crippen molar-refractivity contribution in [2.24, 2.45) is 11.5 Å². The van der Waals surface area contributed by atoms with Crippen molar-refractivity contribution >= 4 is 28.7 Å². The van der Waals surface area contributed by atoms with Gasteiger partial charge in [0.15, 0.2) is 5.69 Å². The minimum atomic E-state index is -0.178. The van der Waals surface area contributed by atoms with E-state index in [4.69, 9.17) is 43.6 Å². The van der Waals surface area contributed by atoms with Crippen molar-refractivity contribution in [1.29, 1.82) is 16.1 Å². The predicted molar refractivity (Wildman–Crippen MR) is 232 cm³/mol. The third-order valence-electron chi connectivity index (χ3n) is 9.40. The molecule has 304 valence electrons. The third kappa shape index (κ3) is 11.6. The van der Waals surface area contributed by atoms with Crippen LogP contribution in [0.15, 0.2) is 109 Å². The molecule has 0 saturated heterocycles. The van der Waals surface area contributed by atoms with E-state index in [1.54, 1.807) is 60.9 Å². The monoisotopic (exact) mass is 802 g/mol. The first-order valence-electron chi connectivity index (χ1n) is 18.8. The second kappa shape index (κ2) is 21.1. The first kappa shape index (κ1) is 43.3. The first-order chi connectivity index (χ1) is 29.0. The van der Waals surface area contributed by atoms with Gasteiger partial charge in [-0.3, -0.25) is 20.8 Å². The minimum Gasteiger partial charge on any atom is -0.487 e. The van der Waals surface area contributed by atoms with Crippen molar-refractivity contribution in [2.45, 2.75) is 53.4 Å². The van der Waals surface area contributed by atoms with E-state index in [0.29, 0.717) is 82.7 Å². The van der Waals surface area contributed by atoms with Crippen molar-refractivity contribution in [2.75, 3.05) is 10.6 Å². The highest BCUT2D eigenvalue weighted by Crippen LogP contribution is 2.29. The van der Waals surface area contributed by atoms with Crippen molar-refractivity contribution in [3.8, 4) is 17.6 Å². The highest BCUT2D eigenvalue weighted by molar-refractivity contribution is 5.95. The normalized spacial score (nSPS) is 10.3. The highest BCUT2D eigenvalue weighted by atomic mass is 16.5. The summed E-state index contributed by atoms with van der Waals surface area (Å²) < 4.78 is 12.0. The van der Waals surface area contributed by atoms with Gasteiger partial charge in [-0.25, -0.2) is 4.85 Å². The molecule has 0 amide bonds. The van der Waals surface area contributed by atoms with Crippen LogP contribution in [0.3, 0.4) is 0 Å². The van der Waals surface area contributed by atoms with Crippen LogP contribution in [0.5, 0.6) is 11.5 Å². The fraction of sp³-hybridized carbons (Fsp3) is 0.174. The van der Waals surface area contributed by atoms with E-state index in [2.05, 4.69) is 31.5 Å². The Morgan fingerprint density at radius 2 is 1.08 bits per heavy atom. The number of nitrogens with one attached hydrogen (secondary N) is 4. The summed E-state index contributed by atoms with van der Waals surface area (Å²) in [7, 11) is 0. The Kier molecular flexibility index (Phi) is 15.3. The number of ether oxygens (including phenoxy) is 2.